The summed E-state index contributed by atoms with van der Waals surface area (Å²) in [5.41, 5.74) is 8.72. The number of oxazole rings is 1. The summed E-state index contributed by atoms with van der Waals surface area (Å²) >= 11 is 6.46. The van der Waals surface area contributed by atoms with Gasteiger partial charge >= 0.3 is 0 Å². The number of halogens is 1. The molecule has 4 atom stereocenters. The summed E-state index contributed by atoms with van der Waals surface area (Å²) in [6, 6.07) is 5.56. The highest BCUT2D eigenvalue weighted by Crippen LogP contribution is 2.43. The minimum Gasteiger partial charge on any atom is -0.436 e. The van der Waals surface area contributed by atoms with Crippen LogP contribution < -0.4 is 11.1 Å². The van der Waals surface area contributed by atoms with Crippen LogP contribution in [0.15, 0.2) is 22.6 Å². The molecule has 1 aliphatic carbocycles. The summed E-state index contributed by atoms with van der Waals surface area (Å²) in [4.78, 5) is 13.0. The van der Waals surface area contributed by atoms with Gasteiger partial charge in [-0.15, -0.1) is 0 Å². The van der Waals surface area contributed by atoms with E-state index >= 15 is 0 Å². The molecule has 3 aromatic rings. The van der Waals surface area contributed by atoms with Crippen molar-refractivity contribution >= 4 is 34.5 Å². The first kappa shape index (κ1) is 20.4. The molecular weight excluding hydrogens is 422 g/mol. The second-order valence-electron chi connectivity index (χ2n) is 8.58. The molecule has 9 nitrogen and oxygen atoms in total. The number of nitrogens with zero attached hydrogens (tertiary/aromatic N) is 3. The number of aryl methyl sites for hydroxylation is 1. The zero-order valence-corrected chi connectivity index (χ0v) is 18.2. The molecule has 0 unspecified atom stereocenters. The molecule has 0 spiro atoms. The molecular formula is C21H24ClN5O4. The Bertz CT molecular complexity index is 1150. The predicted molar refractivity (Wildman–Crippen MR) is 116 cm³/mol. The molecule has 4 N–H and O–H groups in total. The number of nitrogens with two attached hydrogens (primary N) is 1. The lowest BCUT2D eigenvalue weighted by Gasteiger charge is -2.24. The lowest BCUT2D eigenvalue weighted by molar-refractivity contribution is -0.158. The first-order valence-corrected chi connectivity index (χ1v) is 10.6. The van der Waals surface area contributed by atoms with Gasteiger partial charge in [0.05, 0.1) is 12.1 Å². The van der Waals surface area contributed by atoms with E-state index in [0.29, 0.717) is 34.8 Å². The van der Waals surface area contributed by atoms with Crippen molar-refractivity contribution in [3.63, 3.8) is 0 Å². The van der Waals surface area contributed by atoms with Gasteiger partial charge in [0.2, 0.25) is 11.8 Å². The van der Waals surface area contributed by atoms with Crippen LogP contribution in [0.25, 0.3) is 22.6 Å². The molecule has 2 aromatic heterocycles. The lowest BCUT2D eigenvalue weighted by atomic mass is 10.1. The van der Waals surface area contributed by atoms with Crippen molar-refractivity contribution in [2.75, 3.05) is 17.7 Å². The number of aliphatic hydroxyl groups excluding tert-OH is 1. The van der Waals surface area contributed by atoms with E-state index in [9.17, 15) is 5.11 Å². The third kappa shape index (κ3) is 3.61. The number of rotatable bonds is 4. The molecule has 1 saturated carbocycles. The molecule has 0 amide bonds. The van der Waals surface area contributed by atoms with Gasteiger partial charge in [0.15, 0.2) is 11.4 Å². The molecule has 1 aromatic carbocycles. The minimum absolute atomic E-state index is 0.00277. The van der Waals surface area contributed by atoms with Crippen molar-refractivity contribution in [1.29, 1.82) is 0 Å². The second kappa shape index (κ2) is 7.30. The molecule has 3 heterocycles. The number of nitrogens with one attached hydrogen (secondary N) is 1. The maximum Gasteiger partial charge on any atom is 0.234 e. The molecule has 10 heteroatoms. The van der Waals surface area contributed by atoms with E-state index in [-0.39, 0.29) is 41.9 Å². The molecule has 0 radical (unpaired) electrons. The van der Waals surface area contributed by atoms with Gasteiger partial charge in [0.1, 0.15) is 28.2 Å². The molecule has 164 valence electrons. The van der Waals surface area contributed by atoms with Crippen LogP contribution in [0.5, 0.6) is 0 Å². The van der Waals surface area contributed by atoms with E-state index in [1.165, 1.54) is 0 Å². The summed E-state index contributed by atoms with van der Waals surface area (Å²) in [6.45, 7) is 5.71. The van der Waals surface area contributed by atoms with Crippen molar-refractivity contribution in [2.45, 2.75) is 51.2 Å². The first-order valence-electron chi connectivity index (χ1n) is 10.2. The Morgan fingerprint density at radius 1 is 1.23 bits per heavy atom. The Balaban J connectivity index is 1.54. The molecule has 2 fully saturated rings. The van der Waals surface area contributed by atoms with E-state index in [1.54, 1.807) is 0 Å². The van der Waals surface area contributed by atoms with Gasteiger partial charge < -0.3 is 30.0 Å². The number of fused-ring (bicyclic) bond motifs is 2. The van der Waals surface area contributed by atoms with Crippen LogP contribution in [0.3, 0.4) is 0 Å². The van der Waals surface area contributed by atoms with Crippen molar-refractivity contribution in [1.82, 2.24) is 15.0 Å². The number of benzene rings is 1. The zero-order valence-electron chi connectivity index (χ0n) is 17.4. The average Bonchev–Trinajstić information content (AvgIpc) is 3.32. The van der Waals surface area contributed by atoms with E-state index in [4.69, 9.17) is 31.2 Å². The normalized spacial score (nSPS) is 27.0. The Morgan fingerprint density at radius 2 is 2.00 bits per heavy atom. The molecule has 0 bridgehead atoms. The van der Waals surface area contributed by atoms with E-state index in [1.807, 2.05) is 39.0 Å². The van der Waals surface area contributed by atoms with E-state index < -0.39 is 5.79 Å². The number of anilines is 2. The molecule has 1 saturated heterocycles. The molecule has 31 heavy (non-hydrogen) atoms. The van der Waals surface area contributed by atoms with E-state index in [0.717, 1.165) is 5.56 Å². The Hall–Kier alpha value is -2.46. The Labute approximate surface area is 183 Å². The number of aromatic nitrogens is 3. The standard InChI is InChI=1S/C21H24ClN5O4/c1-9-4-5-13-11(6-9)25-19(29-13)14-17(22)26-20(23)27-18(14)24-12-7-10(8-28)15-16(12)31-21(2,3)30-15/h4-6,10,12,15-16,28H,7-8H2,1-3H3,(H3,23,24,26,27)/t10-,12-,15-,16+/m1/s1. The lowest BCUT2D eigenvalue weighted by Crippen LogP contribution is -2.35. The van der Waals surface area contributed by atoms with Crippen LogP contribution in [0.1, 0.15) is 25.8 Å². The Kier molecular flexibility index (Phi) is 4.82. The smallest absolute Gasteiger partial charge is 0.234 e. The average molecular weight is 446 g/mol. The quantitative estimate of drug-likeness (QED) is 0.518. The largest absolute Gasteiger partial charge is 0.436 e. The summed E-state index contributed by atoms with van der Waals surface area (Å²) < 4.78 is 18.1. The van der Waals surface area contributed by atoms with Gasteiger partial charge in [-0.3, -0.25) is 0 Å². The second-order valence-corrected chi connectivity index (χ2v) is 8.94. The summed E-state index contributed by atoms with van der Waals surface area (Å²) in [7, 11) is 0. The third-order valence-electron chi connectivity index (χ3n) is 5.78. The van der Waals surface area contributed by atoms with Gasteiger partial charge in [-0.05, 0) is 44.9 Å². The molecule has 2 aliphatic rings. The highest BCUT2D eigenvalue weighted by molar-refractivity contribution is 6.32. The number of hydrogen-bond acceptors (Lipinski definition) is 9. The fraction of sp³-hybridized carbons (Fsp3) is 0.476. The number of nitrogen functional groups attached to an aromatic ring is 1. The third-order valence-corrected chi connectivity index (χ3v) is 6.05. The van der Waals surface area contributed by atoms with E-state index in [2.05, 4.69) is 20.3 Å². The zero-order chi connectivity index (χ0) is 21.9. The van der Waals surface area contributed by atoms with Gasteiger partial charge in [-0.25, -0.2) is 9.97 Å². The summed E-state index contributed by atoms with van der Waals surface area (Å²) in [5, 5.41) is 13.4. The van der Waals surface area contributed by atoms with Crippen LogP contribution in [0.2, 0.25) is 5.15 Å². The maximum atomic E-state index is 9.84. The predicted octanol–water partition coefficient (Wildman–Crippen LogP) is 3.14. The van der Waals surface area contributed by atoms with Crippen LogP contribution in [0.4, 0.5) is 11.8 Å². The topological polar surface area (TPSA) is 129 Å². The van der Waals surface area contributed by atoms with Crippen molar-refractivity contribution in [3.8, 4) is 11.5 Å². The maximum absolute atomic E-state index is 9.84. The highest BCUT2D eigenvalue weighted by Gasteiger charge is 2.54. The first-order chi connectivity index (χ1) is 14.7. The van der Waals surface area contributed by atoms with Crippen molar-refractivity contribution in [2.24, 2.45) is 5.92 Å². The Morgan fingerprint density at radius 3 is 2.77 bits per heavy atom. The van der Waals surface area contributed by atoms with Crippen LogP contribution in [-0.4, -0.2) is 50.7 Å². The summed E-state index contributed by atoms with van der Waals surface area (Å²) in [5.74, 6) is -0.0661. The van der Waals surface area contributed by atoms with Gasteiger partial charge in [-0.1, -0.05) is 17.7 Å². The monoisotopic (exact) mass is 445 g/mol. The molecule has 1 aliphatic heterocycles. The van der Waals surface area contributed by atoms with Crippen LogP contribution in [0, 0.1) is 12.8 Å². The number of ether oxygens (including phenoxy) is 2. The fourth-order valence-electron chi connectivity index (χ4n) is 4.47. The van der Waals surface area contributed by atoms with Gasteiger partial charge in [0.25, 0.3) is 0 Å². The van der Waals surface area contributed by atoms with Crippen molar-refractivity contribution in [3.05, 3.63) is 28.9 Å². The van der Waals surface area contributed by atoms with Crippen LogP contribution >= 0.6 is 11.6 Å². The van der Waals surface area contributed by atoms with Gasteiger partial charge in [-0.2, -0.15) is 4.98 Å². The fourth-order valence-corrected chi connectivity index (χ4v) is 4.73. The number of aliphatic hydroxyl groups is 1. The molecule has 5 rings (SSSR count). The number of hydrogen-bond donors (Lipinski definition) is 3. The SMILES string of the molecule is Cc1ccc2oc(-c3c(Cl)nc(N)nc3N[C@@H]3C[C@H](CO)[C@H]4OC(C)(C)O[C@H]43)nc2c1. The van der Waals surface area contributed by atoms with Crippen LogP contribution in [-0.2, 0) is 9.47 Å². The van der Waals surface area contributed by atoms with Crippen molar-refractivity contribution < 1.29 is 19.0 Å². The summed E-state index contributed by atoms with van der Waals surface area (Å²) in [6.07, 6.45) is 0.152. The highest BCUT2D eigenvalue weighted by atomic mass is 35.5. The minimum atomic E-state index is -0.730. The van der Waals surface area contributed by atoms with Gasteiger partial charge in [0, 0.05) is 12.5 Å².